The zero-order valence-corrected chi connectivity index (χ0v) is 16.9. The molecular weight excluding hydrogens is 399 g/mol. The predicted molar refractivity (Wildman–Crippen MR) is 101 cm³/mol. The molecule has 0 amide bonds. The molecule has 0 aliphatic heterocycles. The number of hydrogen-bond donors (Lipinski definition) is 1. The highest BCUT2D eigenvalue weighted by molar-refractivity contribution is 7.85. The summed E-state index contributed by atoms with van der Waals surface area (Å²) in [6, 6.07) is 1.75. The Balaban J connectivity index is 1.81. The lowest BCUT2D eigenvalue weighted by molar-refractivity contribution is 0.0744. The van der Waals surface area contributed by atoms with Crippen molar-refractivity contribution in [1.82, 2.24) is 0 Å². The number of benzene rings is 1. The average molecular weight is 421 g/mol. The van der Waals surface area contributed by atoms with Crippen molar-refractivity contribution in [2.75, 3.05) is 12.4 Å². The smallest absolute Gasteiger partial charge is 0.264 e. The monoisotopic (exact) mass is 420 g/mol. The molecule has 1 N–H and O–H groups in total. The van der Waals surface area contributed by atoms with Crippen molar-refractivity contribution >= 4 is 39.1 Å². The van der Waals surface area contributed by atoms with Crippen LogP contribution in [0.15, 0.2) is 6.07 Å². The summed E-state index contributed by atoms with van der Waals surface area (Å²) in [5, 5.41) is 0.377. The summed E-state index contributed by atoms with van der Waals surface area (Å²) in [4.78, 5) is 13.1. The zero-order chi connectivity index (χ0) is 19.1. The van der Waals surface area contributed by atoms with Crippen LogP contribution in [0.2, 0.25) is 10.0 Å². The standard InChI is InChI=1S/C18H22Cl2O5S/c1-18(12-5-2-3-6-12)10-11-9-13(25-7-4-8-26(22,23)24)15(19)16(20)14(11)17(18)21/h9,12H,2-8,10H2,1H3,(H,22,23,24). The summed E-state index contributed by atoms with van der Waals surface area (Å²) in [6.07, 6.45) is 5.16. The van der Waals surface area contributed by atoms with Gasteiger partial charge in [0.25, 0.3) is 10.1 Å². The fraction of sp³-hybridized carbons (Fsp3) is 0.611. The lowest BCUT2D eigenvalue weighted by Crippen LogP contribution is -2.32. The van der Waals surface area contributed by atoms with E-state index in [2.05, 4.69) is 0 Å². The molecular formula is C18H22Cl2O5S. The molecule has 1 aromatic carbocycles. The summed E-state index contributed by atoms with van der Waals surface area (Å²) < 4.78 is 35.9. The van der Waals surface area contributed by atoms with Gasteiger partial charge >= 0.3 is 0 Å². The van der Waals surface area contributed by atoms with E-state index in [4.69, 9.17) is 32.5 Å². The van der Waals surface area contributed by atoms with E-state index in [1.54, 1.807) is 6.07 Å². The van der Waals surface area contributed by atoms with Crippen LogP contribution in [0.25, 0.3) is 0 Å². The van der Waals surface area contributed by atoms with Crippen molar-refractivity contribution in [3.8, 4) is 5.75 Å². The maximum absolute atomic E-state index is 13.1. The number of Topliss-reactive ketones (excluding diaryl/α,β-unsaturated/α-hetero) is 1. The first kappa shape index (κ1) is 19.9. The Hall–Kier alpha value is -0.820. The molecule has 1 atom stereocenters. The highest BCUT2D eigenvalue weighted by atomic mass is 35.5. The van der Waals surface area contributed by atoms with Crippen LogP contribution in [-0.2, 0) is 16.5 Å². The summed E-state index contributed by atoms with van der Waals surface area (Å²) in [5.74, 6) is 0.372. The number of ether oxygens (including phenoxy) is 1. The van der Waals surface area contributed by atoms with Gasteiger partial charge in [0.1, 0.15) is 10.8 Å². The quantitative estimate of drug-likeness (QED) is 0.537. The van der Waals surface area contributed by atoms with E-state index >= 15 is 0 Å². The Bertz CT molecular complexity index is 830. The van der Waals surface area contributed by atoms with Crippen LogP contribution in [0.3, 0.4) is 0 Å². The van der Waals surface area contributed by atoms with Gasteiger partial charge in [0, 0.05) is 11.0 Å². The fourth-order valence-corrected chi connectivity index (χ4v) is 5.21. The van der Waals surface area contributed by atoms with Crippen LogP contribution in [0, 0.1) is 11.3 Å². The van der Waals surface area contributed by atoms with E-state index in [1.165, 1.54) is 0 Å². The second-order valence-electron chi connectivity index (χ2n) is 7.43. The molecule has 0 bridgehead atoms. The van der Waals surface area contributed by atoms with Gasteiger partial charge in [0.05, 0.1) is 17.4 Å². The molecule has 2 aliphatic carbocycles. The van der Waals surface area contributed by atoms with Crippen molar-refractivity contribution in [2.24, 2.45) is 11.3 Å². The van der Waals surface area contributed by atoms with Gasteiger partial charge in [-0.05, 0) is 43.2 Å². The van der Waals surface area contributed by atoms with E-state index in [9.17, 15) is 13.2 Å². The SMILES string of the molecule is CC1(C2CCCC2)Cc2cc(OCCCS(=O)(=O)O)c(Cl)c(Cl)c2C1=O. The van der Waals surface area contributed by atoms with Crippen LogP contribution < -0.4 is 4.74 Å². The lowest BCUT2D eigenvalue weighted by atomic mass is 9.73. The molecule has 2 aliphatic rings. The van der Waals surface area contributed by atoms with Gasteiger partial charge in [-0.25, -0.2) is 0 Å². The fourth-order valence-electron chi connectivity index (χ4n) is 4.22. The number of carbonyl (C=O) groups excluding carboxylic acids is 1. The third-order valence-electron chi connectivity index (χ3n) is 5.62. The van der Waals surface area contributed by atoms with Gasteiger partial charge in [-0.3, -0.25) is 9.35 Å². The molecule has 26 heavy (non-hydrogen) atoms. The van der Waals surface area contributed by atoms with E-state index in [-0.39, 0.29) is 34.6 Å². The number of hydrogen-bond acceptors (Lipinski definition) is 4. The van der Waals surface area contributed by atoms with Gasteiger partial charge in [-0.15, -0.1) is 0 Å². The van der Waals surface area contributed by atoms with E-state index in [0.29, 0.717) is 23.7 Å². The lowest BCUT2D eigenvalue weighted by Gasteiger charge is -2.29. The minimum Gasteiger partial charge on any atom is -0.492 e. The molecule has 0 radical (unpaired) electrons. The first-order chi connectivity index (χ1) is 12.1. The van der Waals surface area contributed by atoms with Crippen molar-refractivity contribution in [3.63, 3.8) is 0 Å². The summed E-state index contributed by atoms with van der Waals surface area (Å²) >= 11 is 12.7. The third-order valence-corrected chi connectivity index (χ3v) is 7.27. The van der Waals surface area contributed by atoms with Crippen molar-refractivity contribution in [2.45, 2.75) is 45.4 Å². The predicted octanol–water partition coefficient (Wildman–Crippen LogP) is 4.59. The van der Waals surface area contributed by atoms with E-state index in [0.717, 1.165) is 31.2 Å². The Morgan fingerprint density at radius 2 is 1.92 bits per heavy atom. The number of carbonyl (C=O) groups is 1. The molecule has 0 spiro atoms. The molecule has 8 heteroatoms. The Labute approximate surface area is 163 Å². The molecule has 3 rings (SSSR count). The molecule has 144 valence electrons. The number of fused-ring (bicyclic) bond motifs is 1. The number of halogens is 2. The average Bonchev–Trinajstić information content (AvgIpc) is 3.16. The van der Waals surface area contributed by atoms with E-state index < -0.39 is 15.5 Å². The van der Waals surface area contributed by atoms with Gasteiger partial charge < -0.3 is 4.74 Å². The van der Waals surface area contributed by atoms with Gasteiger partial charge in [0.2, 0.25) is 0 Å². The first-order valence-corrected chi connectivity index (χ1v) is 11.1. The maximum Gasteiger partial charge on any atom is 0.264 e. The third kappa shape index (κ3) is 3.75. The molecule has 1 fully saturated rings. The topological polar surface area (TPSA) is 80.7 Å². The Morgan fingerprint density at radius 3 is 2.54 bits per heavy atom. The van der Waals surface area contributed by atoms with Crippen LogP contribution in [0.5, 0.6) is 5.75 Å². The van der Waals surface area contributed by atoms with Crippen molar-refractivity contribution < 1.29 is 22.5 Å². The molecule has 0 heterocycles. The van der Waals surface area contributed by atoms with Gasteiger partial charge in [-0.1, -0.05) is 43.0 Å². The molecule has 0 aromatic heterocycles. The minimum atomic E-state index is -4.02. The van der Waals surface area contributed by atoms with E-state index in [1.807, 2.05) is 6.92 Å². The van der Waals surface area contributed by atoms with Crippen LogP contribution in [0.4, 0.5) is 0 Å². The molecule has 1 unspecified atom stereocenters. The summed E-state index contributed by atoms with van der Waals surface area (Å²) in [7, 11) is -4.02. The van der Waals surface area contributed by atoms with Crippen LogP contribution in [0.1, 0.15) is 54.9 Å². The van der Waals surface area contributed by atoms with Crippen molar-refractivity contribution in [1.29, 1.82) is 0 Å². The maximum atomic E-state index is 13.1. The zero-order valence-electron chi connectivity index (χ0n) is 14.6. The minimum absolute atomic E-state index is 0.0595. The number of ketones is 1. The molecule has 0 saturated heterocycles. The molecule has 1 aromatic rings. The first-order valence-electron chi connectivity index (χ1n) is 8.77. The Kier molecular flexibility index (Phi) is 5.60. The van der Waals surface area contributed by atoms with Crippen LogP contribution >= 0.6 is 23.2 Å². The molecule has 5 nitrogen and oxygen atoms in total. The summed E-state index contributed by atoms with van der Waals surface area (Å²) in [5.41, 5.74) is 0.884. The van der Waals surface area contributed by atoms with Gasteiger partial charge in [-0.2, -0.15) is 8.42 Å². The summed E-state index contributed by atoms with van der Waals surface area (Å²) in [6.45, 7) is 2.09. The normalized spacial score (nSPS) is 23.5. The Morgan fingerprint density at radius 1 is 1.27 bits per heavy atom. The highest BCUT2D eigenvalue weighted by Gasteiger charge is 2.49. The van der Waals surface area contributed by atoms with Gasteiger partial charge in [0.15, 0.2) is 5.78 Å². The highest BCUT2D eigenvalue weighted by Crippen LogP contribution is 2.52. The van der Waals surface area contributed by atoms with Crippen LogP contribution in [-0.4, -0.2) is 31.1 Å². The second-order valence-corrected chi connectivity index (χ2v) is 9.76. The second kappa shape index (κ2) is 7.30. The largest absolute Gasteiger partial charge is 0.492 e. The van der Waals surface area contributed by atoms with Crippen molar-refractivity contribution in [3.05, 3.63) is 27.2 Å². The molecule has 1 saturated carbocycles. The number of rotatable bonds is 6.